The second kappa shape index (κ2) is 17.5. The summed E-state index contributed by atoms with van der Waals surface area (Å²) in [6.45, 7) is -0.0426. The van der Waals surface area contributed by atoms with Crippen LogP contribution in [0.15, 0.2) is 277 Å². The molecule has 4 aliphatic rings. The molecular formula is C67H47B2N5S. The lowest BCUT2D eigenvalue weighted by molar-refractivity contribution is 1.18. The highest BCUT2D eigenvalue weighted by atomic mass is 32.2. The van der Waals surface area contributed by atoms with Crippen molar-refractivity contribution in [3.8, 4) is 0 Å². The fourth-order valence-electron chi connectivity index (χ4n) is 12.5. The number of hydrogen-bond donors (Lipinski definition) is 0. The monoisotopic (exact) mass is 975 g/mol. The average molecular weight is 976 g/mol. The van der Waals surface area contributed by atoms with E-state index in [0.717, 1.165) is 45.5 Å². The van der Waals surface area contributed by atoms with E-state index in [1.807, 2.05) is 11.8 Å². The molecule has 0 aliphatic carbocycles. The Balaban J connectivity index is 0.980. The average Bonchev–Trinajstić information content (AvgIpc) is 3.48. The van der Waals surface area contributed by atoms with Gasteiger partial charge in [0.15, 0.2) is 0 Å². The van der Waals surface area contributed by atoms with Gasteiger partial charge in [0, 0.05) is 90.8 Å². The molecule has 5 nitrogen and oxygen atoms in total. The zero-order chi connectivity index (χ0) is 49.6. The zero-order valence-corrected chi connectivity index (χ0v) is 42.0. The molecule has 0 saturated carbocycles. The first kappa shape index (κ1) is 43.5. The predicted octanol–water partition coefficient (Wildman–Crippen LogP) is 13.8. The summed E-state index contributed by atoms with van der Waals surface area (Å²) >= 11 is 1.92. The van der Waals surface area contributed by atoms with Crippen LogP contribution in [0.3, 0.4) is 0 Å². The van der Waals surface area contributed by atoms with Gasteiger partial charge in [-0.1, -0.05) is 169 Å². The summed E-state index contributed by atoms with van der Waals surface area (Å²) in [5, 5.41) is 0. The lowest BCUT2D eigenvalue weighted by atomic mass is 9.31. The van der Waals surface area contributed by atoms with Gasteiger partial charge in [-0.2, -0.15) is 0 Å². The first-order valence-electron chi connectivity index (χ1n) is 25.8. The van der Waals surface area contributed by atoms with Crippen molar-refractivity contribution in [2.24, 2.45) is 0 Å². The van der Waals surface area contributed by atoms with Crippen LogP contribution in [-0.2, 0) is 0 Å². The summed E-state index contributed by atoms with van der Waals surface area (Å²) in [6, 6.07) is 98.1. The summed E-state index contributed by atoms with van der Waals surface area (Å²) in [5.41, 5.74) is 24.0. The van der Waals surface area contributed by atoms with Crippen LogP contribution in [0.4, 0.5) is 79.6 Å². The minimum absolute atomic E-state index is 0.0119. The lowest BCUT2D eigenvalue weighted by Crippen LogP contribution is -2.64. The third-order valence-electron chi connectivity index (χ3n) is 15.6. The molecule has 4 heterocycles. The van der Waals surface area contributed by atoms with Crippen molar-refractivity contribution in [3.63, 3.8) is 0 Å². The largest absolute Gasteiger partial charge is 0.345 e. The molecule has 0 spiro atoms. The van der Waals surface area contributed by atoms with Gasteiger partial charge in [-0.15, -0.1) is 0 Å². The summed E-state index contributed by atoms with van der Waals surface area (Å²) in [4.78, 5) is 14.8. The van der Waals surface area contributed by atoms with Crippen LogP contribution in [0.1, 0.15) is 0 Å². The molecule has 0 saturated heterocycles. The van der Waals surface area contributed by atoms with E-state index in [2.05, 4.69) is 298 Å². The SMILES string of the molecule is CN1c2cc3c(cc2B2c4ccccc4N(c4ccccc4)c4cc(N(c5ccccc5)c5ccccc5)cc1c42)B1c2ccccc2N(c2ccccc2)c2cc(N(c4ccccc4)c4ccccc4)cc(c21)S3. The summed E-state index contributed by atoms with van der Waals surface area (Å²) in [5.74, 6) is 0. The van der Waals surface area contributed by atoms with Crippen molar-refractivity contribution in [1.82, 2.24) is 0 Å². The highest BCUT2D eigenvalue weighted by Gasteiger charge is 2.47. The number of nitrogens with zero attached hydrogens (tertiary/aromatic N) is 5. The number of hydrogen-bond acceptors (Lipinski definition) is 6. The molecule has 0 unspecified atom stereocenters. The second-order valence-electron chi connectivity index (χ2n) is 19.7. The van der Waals surface area contributed by atoms with Gasteiger partial charge in [0.1, 0.15) is 0 Å². The molecule has 8 heteroatoms. The third-order valence-corrected chi connectivity index (χ3v) is 16.7. The highest BCUT2D eigenvalue weighted by molar-refractivity contribution is 8.00. The van der Waals surface area contributed by atoms with Crippen LogP contribution in [0.25, 0.3) is 0 Å². The quantitative estimate of drug-likeness (QED) is 0.140. The molecule has 15 rings (SSSR count). The van der Waals surface area contributed by atoms with Crippen LogP contribution >= 0.6 is 11.8 Å². The Labute approximate surface area is 443 Å². The maximum atomic E-state index is 2.61. The first-order valence-corrected chi connectivity index (χ1v) is 26.6. The summed E-state index contributed by atoms with van der Waals surface area (Å²) < 4.78 is 0. The van der Waals surface area contributed by atoms with Crippen LogP contribution in [0.5, 0.6) is 0 Å². The van der Waals surface area contributed by atoms with Crippen LogP contribution in [-0.4, -0.2) is 20.5 Å². The van der Waals surface area contributed by atoms with E-state index in [0.29, 0.717) is 0 Å². The van der Waals surface area contributed by atoms with Gasteiger partial charge < -0.3 is 24.5 Å². The number of para-hydroxylation sites is 8. The Hall–Kier alpha value is -9.10. The van der Waals surface area contributed by atoms with Gasteiger partial charge in [0.25, 0.3) is 6.71 Å². The van der Waals surface area contributed by atoms with Crippen molar-refractivity contribution in [3.05, 3.63) is 267 Å². The van der Waals surface area contributed by atoms with Gasteiger partial charge in [0.05, 0.1) is 5.69 Å². The van der Waals surface area contributed by atoms with Crippen LogP contribution in [0.2, 0.25) is 0 Å². The summed E-state index contributed by atoms with van der Waals surface area (Å²) in [6.07, 6.45) is 0. The van der Waals surface area contributed by atoms with Gasteiger partial charge in [0.2, 0.25) is 6.71 Å². The predicted molar refractivity (Wildman–Crippen MR) is 320 cm³/mol. The van der Waals surface area contributed by atoms with Gasteiger partial charge in [-0.05, 0) is 143 Å². The van der Waals surface area contributed by atoms with E-state index in [4.69, 9.17) is 0 Å². The van der Waals surface area contributed by atoms with Gasteiger partial charge in [-0.25, -0.2) is 0 Å². The Kier molecular flexibility index (Phi) is 10.2. The van der Waals surface area contributed by atoms with Gasteiger partial charge >= 0.3 is 0 Å². The van der Waals surface area contributed by atoms with Crippen molar-refractivity contribution >= 4 is 138 Å². The van der Waals surface area contributed by atoms with E-state index >= 15 is 0 Å². The van der Waals surface area contributed by atoms with E-state index in [1.54, 1.807) is 0 Å². The third kappa shape index (κ3) is 6.90. The fourth-order valence-corrected chi connectivity index (χ4v) is 13.7. The molecule has 0 radical (unpaired) electrons. The van der Waals surface area contributed by atoms with Crippen molar-refractivity contribution in [2.45, 2.75) is 9.79 Å². The van der Waals surface area contributed by atoms with Crippen LogP contribution in [0, 0.1) is 0 Å². The molecule has 352 valence electrons. The maximum Gasteiger partial charge on any atom is 0.252 e. The van der Waals surface area contributed by atoms with E-state index in [-0.39, 0.29) is 13.4 Å². The molecule has 0 atom stereocenters. The Morgan fingerprint density at radius 1 is 0.293 bits per heavy atom. The smallest absolute Gasteiger partial charge is 0.252 e. The zero-order valence-electron chi connectivity index (χ0n) is 41.2. The second-order valence-corrected chi connectivity index (χ2v) is 20.8. The van der Waals surface area contributed by atoms with Crippen LogP contribution < -0.4 is 57.3 Å². The normalized spacial score (nSPS) is 13.2. The molecule has 11 aromatic carbocycles. The van der Waals surface area contributed by atoms with Crippen molar-refractivity contribution < 1.29 is 0 Å². The minimum atomic E-state index is -0.0307. The lowest BCUT2D eigenvalue weighted by Gasteiger charge is -2.45. The number of fused-ring (bicyclic) bond motifs is 8. The van der Waals surface area contributed by atoms with Crippen molar-refractivity contribution in [1.29, 1.82) is 0 Å². The van der Waals surface area contributed by atoms with Gasteiger partial charge in [-0.3, -0.25) is 0 Å². The van der Waals surface area contributed by atoms with Crippen molar-refractivity contribution in [2.75, 3.05) is 31.5 Å². The number of benzene rings is 11. The summed E-state index contributed by atoms with van der Waals surface area (Å²) in [7, 11) is 2.28. The molecule has 75 heavy (non-hydrogen) atoms. The van der Waals surface area contributed by atoms with E-state index in [1.165, 1.54) is 76.7 Å². The fraction of sp³-hybridized carbons (Fsp3) is 0.0149. The standard InChI is InChI=1S/C67H47B2N5S/c1-70-60-45-64-57(69-55-37-21-23-39-59(55)74(51-34-18-7-19-35-51)63-42-53(43-65(75-64)67(63)69)72(48-28-12-4-13-29-48)49-30-14-5-15-31-49)44-56(60)68-54-36-20-22-38-58(54)73(50-32-16-6-17-33-50)62-41-52(40-61(70)66(62)68)71(46-24-8-2-9-25-46)47-26-10-3-11-27-47/h2-45H,1H3. The molecule has 0 fully saturated rings. The molecule has 4 aliphatic heterocycles. The highest BCUT2D eigenvalue weighted by Crippen LogP contribution is 2.49. The molecule has 0 amide bonds. The van der Waals surface area contributed by atoms with E-state index < -0.39 is 0 Å². The molecular weight excluding hydrogens is 928 g/mol. The Morgan fingerprint density at radius 2 is 0.680 bits per heavy atom. The topological polar surface area (TPSA) is 16.2 Å². The number of anilines is 14. The molecule has 0 N–H and O–H groups in total. The Morgan fingerprint density at radius 3 is 1.16 bits per heavy atom. The Bertz CT molecular complexity index is 3900. The van der Waals surface area contributed by atoms with E-state index in [9.17, 15) is 0 Å². The molecule has 0 bridgehead atoms. The molecule has 0 aromatic heterocycles. The minimum Gasteiger partial charge on any atom is -0.345 e. The first-order chi connectivity index (χ1) is 37.2. The molecule has 11 aromatic rings. The number of rotatable bonds is 8. The maximum absolute atomic E-state index is 2.61.